The van der Waals surface area contributed by atoms with E-state index in [1.807, 2.05) is 64.1 Å². The van der Waals surface area contributed by atoms with Gasteiger partial charge in [0.15, 0.2) is 6.61 Å². The van der Waals surface area contributed by atoms with Crippen LogP contribution in [0, 0.1) is 27.7 Å². The van der Waals surface area contributed by atoms with Crippen LogP contribution in [0.3, 0.4) is 0 Å². The largest absolute Gasteiger partial charge is 0.482 e. The van der Waals surface area contributed by atoms with Crippen molar-refractivity contribution in [3.63, 3.8) is 0 Å². The Morgan fingerprint density at radius 2 is 1.97 bits per heavy atom. The summed E-state index contributed by atoms with van der Waals surface area (Å²) in [6.45, 7) is 9.60. The highest BCUT2D eigenvalue weighted by Crippen LogP contribution is 2.38. The number of nitrogens with one attached hydrogen (secondary N) is 1. The monoisotopic (exact) mass is 435 g/mol. The molecule has 0 saturated carbocycles. The third kappa shape index (κ3) is 3.93. The maximum atomic E-state index is 13.1. The predicted octanol–water partition coefficient (Wildman–Crippen LogP) is 4.80. The Hall–Kier alpha value is -3.19. The summed E-state index contributed by atoms with van der Waals surface area (Å²) >= 11 is 1.63. The van der Waals surface area contributed by atoms with Crippen molar-refractivity contribution >= 4 is 34.5 Å². The summed E-state index contributed by atoms with van der Waals surface area (Å²) in [6, 6.07) is 10.7. The van der Waals surface area contributed by atoms with Crippen molar-refractivity contribution < 1.29 is 14.3 Å². The zero-order chi connectivity index (χ0) is 22.3. The molecule has 6 nitrogen and oxygen atoms in total. The molecule has 0 saturated heterocycles. The van der Waals surface area contributed by atoms with Crippen molar-refractivity contribution in [2.45, 2.75) is 40.7 Å². The van der Waals surface area contributed by atoms with Gasteiger partial charge in [0.1, 0.15) is 11.8 Å². The summed E-state index contributed by atoms with van der Waals surface area (Å²) in [7, 11) is 0. The van der Waals surface area contributed by atoms with Gasteiger partial charge in [-0.2, -0.15) is 0 Å². The minimum Gasteiger partial charge on any atom is -0.482 e. The molecule has 1 unspecified atom stereocenters. The van der Waals surface area contributed by atoms with Crippen molar-refractivity contribution in [2.75, 3.05) is 16.8 Å². The normalized spacial score (nSPS) is 14.1. The fraction of sp³-hybridized carbons (Fsp3) is 0.292. The topological polar surface area (TPSA) is 71.5 Å². The van der Waals surface area contributed by atoms with Gasteiger partial charge in [0.05, 0.1) is 16.4 Å². The zero-order valence-corrected chi connectivity index (χ0v) is 19.1. The van der Waals surface area contributed by atoms with Crippen molar-refractivity contribution in [3.8, 4) is 17.0 Å². The van der Waals surface area contributed by atoms with Gasteiger partial charge in [0.25, 0.3) is 5.91 Å². The molecule has 1 N–H and O–H groups in total. The Morgan fingerprint density at radius 3 is 2.68 bits per heavy atom. The molecule has 1 atom stereocenters. The number of hydrogen-bond donors (Lipinski definition) is 1. The van der Waals surface area contributed by atoms with E-state index in [1.54, 1.807) is 18.3 Å². The van der Waals surface area contributed by atoms with Crippen LogP contribution in [0.4, 0.5) is 11.4 Å². The molecule has 2 heterocycles. The summed E-state index contributed by atoms with van der Waals surface area (Å²) in [6.07, 6.45) is 0. The molecule has 0 radical (unpaired) electrons. The number of rotatable bonds is 4. The van der Waals surface area contributed by atoms with Gasteiger partial charge >= 0.3 is 0 Å². The maximum Gasteiger partial charge on any atom is 0.265 e. The van der Waals surface area contributed by atoms with Gasteiger partial charge in [-0.3, -0.25) is 14.5 Å². The smallest absolute Gasteiger partial charge is 0.265 e. The molecule has 7 heteroatoms. The molecule has 2 amide bonds. The van der Waals surface area contributed by atoms with E-state index in [0.29, 0.717) is 11.4 Å². The van der Waals surface area contributed by atoms with Crippen LogP contribution in [0.25, 0.3) is 11.3 Å². The van der Waals surface area contributed by atoms with Crippen LogP contribution in [0.1, 0.15) is 27.9 Å². The fourth-order valence-electron chi connectivity index (χ4n) is 3.78. The lowest BCUT2D eigenvalue weighted by Crippen LogP contribution is -2.49. The summed E-state index contributed by atoms with van der Waals surface area (Å²) in [4.78, 5) is 33.1. The predicted molar refractivity (Wildman–Crippen MR) is 124 cm³/mol. The number of hydrogen-bond acceptors (Lipinski definition) is 5. The van der Waals surface area contributed by atoms with Gasteiger partial charge in [-0.15, -0.1) is 11.3 Å². The Bertz CT molecular complexity index is 1180. The van der Waals surface area contributed by atoms with Crippen LogP contribution in [-0.4, -0.2) is 29.4 Å². The summed E-state index contributed by atoms with van der Waals surface area (Å²) in [5.41, 5.74) is 5.22. The van der Waals surface area contributed by atoms with E-state index in [4.69, 9.17) is 4.74 Å². The van der Waals surface area contributed by atoms with E-state index in [0.717, 1.165) is 38.0 Å². The fourth-order valence-corrected chi connectivity index (χ4v) is 4.62. The molecule has 3 aromatic rings. The molecule has 1 aromatic heterocycles. The van der Waals surface area contributed by atoms with Gasteiger partial charge in [-0.05, 0) is 70.0 Å². The van der Waals surface area contributed by atoms with Gasteiger partial charge in [0, 0.05) is 16.1 Å². The minimum absolute atomic E-state index is 0.0950. The number of aromatic nitrogens is 1. The highest BCUT2D eigenvalue weighted by atomic mass is 32.1. The molecule has 0 bridgehead atoms. The van der Waals surface area contributed by atoms with E-state index < -0.39 is 6.04 Å². The second-order valence-corrected chi connectivity index (χ2v) is 9.19. The highest BCUT2D eigenvalue weighted by molar-refractivity contribution is 7.11. The lowest BCUT2D eigenvalue weighted by molar-refractivity contribution is -0.125. The van der Waals surface area contributed by atoms with Crippen molar-refractivity contribution in [3.05, 3.63) is 57.4 Å². The number of nitrogens with zero attached hydrogens (tertiary/aromatic N) is 2. The van der Waals surface area contributed by atoms with Crippen LogP contribution in [0.2, 0.25) is 0 Å². The molecule has 31 heavy (non-hydrogen) atoms. The first-order valence-corrected chi connectivity index (χ1v) is 11.0. The Balaban J connectivity index is 1.68. The van der Waals surface area contributed by atoms with Crippen LogP contribution in [0.15, 0.2) is 36.4 Å². The Kier molecular flexibility index (Phi) is 5.54. The molecule has 1 aliphatic heterocycles. The number of ether oxygens (including phenoxy) is 1. The third-order valence-corrected chi connectivity index (χ3v) is 6.53. The number of anilines is 2. The molecular formula is C24H25N3O3S. The van der Waals surface area contributed by atoms with Gasteiger partial charge < -0.3 is 10.1 Å². The number of thiazole rings is 1. The molecule has 160 valence electrons. The Morgan fingerprint density at radius 1 is 1.19 bits per heavy atom. The quantitative estimate of drug-likeness (QED) is 0.639. The minimum atomic E-state index is -0.705. The van der Waals surface area contributed by atoms with Crippen molar-refractivity contribution in [1.82, 2.24) is 4.98 Å². The van der Waals surface area contributed by atoms with E-state index in [2.05, 4.69) is 10.3 Å². The molecule has 0 spiro atoms. The molecule has 4 rings (SSSR count). The summed E-state index contributed by atoms with van der Waals surface area (Å²) in [5.74, 6) is 0.0831. The lowest BCUT2D eigenvalue weighted by Gasteiger charge is -2.33. The average Bonchev–Trinajstić information content (AvgIpc) is 3.08. The van der Waals surface area contributed by atoms with E-state index in [9.17, 15) is 9.59 Å². The number of carbonyl (C=O) groups excluding carboxylic acids is 2. The first-order chi connectivity index (χ1) is 14.8. The van der Waals surface area contributed by atoms with E-state index >= 15 is 0 Å². The maximum absolute atomic E-state index is 13.1. The van der Waals surface area contributed by atoms with Crippen molar-refractivity contribution in [1.29, 1.82) is 0 Å². The zero-order valence-electron chi connectivity index (χ0n) is 18.3. The van der Waals surface area contributed by atoms with Gasteiger partial charge in [-0.1, -0.05) is 12.1 Å². The summed E-state index contributed by atoms with van der Waals surface area (Å²) in [5, 5.41) is 3.96. The third-order valence-electron chi connectivity index (χ3n) is 5.64. The van der Waals surface area contributed by atoms with Crippen molar-refractivity contribution in [2.24, 2.45) is 0 Å². The lowest BCUT2D eigenvalue weighted by atomic mass is 10.1. The second kappa shape index (κ2) is 8.15. The SMILES string of the molecule is Cc1nc(-c2ccc3c(c2)N(C(C)C(=O)Nc2cccc(C)c2C)C(=O)CO3)c(C)s1. The number of amides is 2. The van der Waals surface area contributed by atoms with E-state index in [1.165, 1.54) is 4.90 Å². The second-order valence-electron chi connectivity index (χ2n) is 7.79. The number of carbonyl (C=O) groups is 2. The molecule has 2 aromatic carbocycles. The molecule has 1 aliphatic rings. The van der Waals surface area contributed by atoms with E-state index in [-0.39, 0.29) is 18.4 Å². The summed E-state index contributed by atoms with van der Waals surface area (Å²) < 4.78 is 5.63. The number of benzene rings is 2. The molecule has 0 aliphatic carbocycles. The number of fused-ring (bicyclic) bond motifs is 1. The first-order valence-electron chi connectivity index (χ1n) is 10.2. The Labute approximate surface area is 185 Å². The van der Waals surface area contributed by atoms with Crippen LogP contribution < -0.4 is 15.0 Å². The molecular weight excluding hydrogens is 410 g/mol. The van der Waals surface area contributed by atoms with Crippen LogP contribution >= 0.6 is 11.3 Å². The molecule has 0 fully saturated rings. The standard InChI is InChI=1S/C24H25N3O3S/c1-13-7-6-8-19(14(13)2)26-24(29)15(3)27-20-11-18(23-16(4)31-17(5)25-23)9-10-21(20)30-12-22(27)28/h6-11,15H,12H2,1-5H3,(H,26,29). The highest BCUT2D eigenvalue weighted by Gasteiger charge is 2.33. The van der Waals surface area contributed by atoms with Gasteiger partial charge in [0.2, 0.25) is 5.91 Å². The van der Waals surface area contributed by atoms with Crippen LogP contribution in [-0.2, 0) is 9.59 Å². The van der Waals surface area contributed by atoms with Crippen LogP contribution in [0.5, 0.6) is 5.75 Å². The van der Waals surface area contributed by atoms with Gasteiger partial charge in [-0.25, -0.2) is 4.98 Å². The number of aryl methyl sites for hydroxylation is 3. The average molecular weight is 436 g/mol. The first kappa shape index (κ1) is 21.1.